The van der Waals surface area contributed by atoms with E-state index >= 15 is 0 Å². The van der Waals surface area contributed by atoms with Crippen molar-refractivity contribution in [3.8, 4) is 6.07 Å². The summed E-state index contributed by atoms with van der Waals surface area (Å²) < 4.78 is 38.8. The first-order valence-electron chi connectivity index (χ1n) is 7.93. The zero-order chi connectivity index (χ0) is 18.9. The maximum Gasteiger partial charge on any atom is 0.416 e. The third kappa shape index (κ3) is 3.70. The van der Waals surface area contributed by atoms with Crippen LogP contribution in [0, 0.1) is 11.3 Å². The normalized spacial score (nSPS) is 17.4. The van der Waals surface area contributed by atoms with E-state index in [9.17, 15) is 23.1 Å². The maximum absolute atomic E-state index is 12.9. The van der Waals surface area contributed by atoms with Crippen LogP contribution < -0.4 is 0 Å². The summed E-state index contributed by atoms with van der Waals surface area (Å²) in [4.78, 5) is 13.3. The lowest BCUT2D eigenvalue weighted by Gasteiger charge is -2.34. The number of fused-ring (bicyclic) bond motifs is 1. The summed E-state index contributed by atoms with van der Waals surface area (Å²) in [6.07, 6.45) is -4.28. The number of nitriles is 1. The molecule has 0 bridgehead atoms. The highest BCUT2D eigenvalue weighted by Gasteiger charge is 2.35. The van der Waals surface area contributed by atoms with E-state index in [1.54, 1.807) is 29.2 Å². The highest BCUT2D eigenvalue weighted by atomic mass is 19.4. The van der Waals surface area contributed by atoms with E-state index in [-0.39, 0.29) is 19.5 Å². The van der Waals surface area contributed by atoms with E-state index in [4.69, 9.17) is 5.26 Å². The summed E-state index contributed by atoms with van der Waals surface area (Å²) in [7, 11) is 0. The number of aliphatic carboxylic acids is 1. The van der Waals surface area contributed by atoms with Crippen LogP contribution in [0.3, 0.4) is 0 Å². The van der Waals surface area contributed by atoms with Crippen molar-refractivity contribution in [1.29, 1.82) is 5.26 Å². The lowest BCUT2D eigenvalue weighted by atomic mass is 9.92. The van der Waals surface area contributed by atoms with E-state index in [0.29, 0.717) is 16.7 Å². The van der Waals surface area contributed by atoms with E-state index in [0.717, 1.165) is 17.7 Å². The summed E-state index contributed by atoms with van der Waals surface area (Å²) in [6, 6.07) is 11.4. The van der Waals surface area contributed by atoms with Crippen molar-refractivity contribution in [2.75, 3.05) is 0 Å². The molecule has 0 fully saturated rings. The molecule has 0 saturated carbocycles. The Morgan fingerprint density at radius 1 is 1.19 bits per heavy atom. The molecular weight excluding hydrogens is 345 g/mol. The molecule has 4 nitrogen and oxygen atoms in total. The van der Waals surface area contributed by atoms with Crippen molar-refractivity contribution in [3.05, 3.63) is 70.3 Å². The van der Waals surface area contributed by atoms with Crippen LogP contribution >= 0.6 is 0 Å². The number of carbonyl (C=O) groups is 1. The predicted octanol–water partition coefficient (Wildman–Crippen LogP) is 3.59. The molecule has 1 aliphatic heterocycles. The van der Waals surface area contributed by atoms with Gasteiger partial charge in [0.2, 0.25) is 0 Å². The number of benzene rings is 2. The second kappa shape index (κ2) is 6.81. The van der Waals surface area contributed by atoms with Gasteiger partial charge in [0.25, 0.3) is 0 Å². The molecule has 2 aromatic rings. The van der Waals surface area contributed by atoms with E-state index in [1.807, 2.05) is 6.07 Å². The molecule has 0 spiro atoms. The van der Waals surface area contributed by atoms with E-state index in [2.05, 4.69) is 0 Å². The van der Waals surface area contributed by atoms with Crippen molar-refractivity contribution in [2.45, 2.75) is 31.7 Å². The first-order valence-corrected chi connectivity index (χ1v) is 7.93. The first-order chi connectivity index (χ1) is 12.3. The SMILES string of the molecule is N#Cc1ccc(CN2Cc3cc(C(F)(F)F)ccc3CC2C(=O)O)cc1. The average Bonchev–Trinajstić information content (AvgIpc) is 2.60. The average molecular weight is 360 g/mol. The molecular formula is C19H15F3N2O2. The molecule has 0 aromatic heterocycles. The van der Waals surface area contributed by atoms with Crippen LogP contribution in [-0.4, -0.2) is 22.0 Å². The summed E-state index contributed by atoms with van der Waals surface area (Å²) in [5, 5.41) is 18.3. The molecule has 26 heavy (non-hydrogen) atoms. The Bertz CT molecular complexity index is 870. The van der Waals surface area contributed by atoms with Crippen LogP contribution in [0.1, 0.15) is 27.8 Å². The fourth-order valence-electron chi connectivity index (χ4n) is 3.14. The Hall–Kier alpha value is -2.85. The Balaban J connectivity index is 1.89. The van der Waals surface area contributed by atoms with Gasteiger partial charge in [0, 0.05) is 13.1 Å². The van der Waals surface area contributed by atoms with Gasteiger partial charge in [0.1, 0.15) is 6.04 Å². The summed E-state index contributed by atoms with van der Waals surface area (Å²) >= 11 is 0. The number of alkyl halides is 3. The number of halogens is 3. The van der Waals surface area contributed by atoms with Gasteiger partial charge in [-0.25, -0.2) is 0 Å². The van der Waals surface area contributed by atoms with Gasteiger partial charge in [0.05, 0.1) is 17.2 Å². The topological polar surface area (TPSA) is 64.3 Å². The number of nitrogens with zero attached hydrogens (tertiary/aromatic N) is 2. The highest BCUT2D eigenvalue weighted by molar-refractivity contribution is 5.74. The summed E-state index contributed by atoms with van der Waals surface area (Å²) in [5.41, 5.74) is 1.67. The zero-order valence-electron chi connectivity index (χ0n) is 13.6. The molecule has 1 aliphatic rings. The molecule has 0 aliphatic carbocycles. The van der Waals surface area contributed by atoms with E-state index < -0.39 is 23.8 Å². The van der Waals surface area contributed by atoms with Crippen LogP contribution in [0.2, 0.25) is 0 Å². The van der Waals surface area contributed by atoms with E-state index in [1.165, 1.54) is 6.07 Å². The Morgan fingerprint density at radius 2 is 1.88 bits per heavy atom. The van der Waals surface area contributed by atoms with Crippen molar-refractivity contribution in [1.82, 2.24) is 4.90 Å². The first kappa shape index (κ1) is 18.0. The molecule has 1 atom stereocenters. The number of hydrogen-bond acceptors (Lipinski definition) is 3. The van der Waals surface area contributed by atoms with Crippen molar-refractivity contribution >= 4 is 5.97 Å². The molecule has 134 valence electrons. The molecule has 0 saturated heterocycles. The smallest absolute Gasteiger partial charge is 0.416 e. The molecule has 2 aromatic carbocycles. The quantitative estimate of drug-likeness (QED) is 0.909. The third-order valence-electron chi connectivity index (χ3n) is 4.51. The van der Waals surface area contributed by atoms with Crippen LogP contribution in [0.4, 0.5) is 13.2 Å². The van der Waals surface area contributed by atoms with Crippen molar-refractivity contribution in [3.63, 3.8) is 0 Å². The number of rotatable bonds is 3. The van der Waals surface area contributed by atoms with Crippen LogP contribution in [0.5, 0.6) is 0 Å². The Labute approximate surface area is 148 Å². The predicted molar refractivity (Wildman–Crippen MR) is 87.0 cm³/mol. The van der Waals surface area contributed by atoms with Crippen molar-refractivity contribution in [2.24, 2.45) is 0 Å². The minimum Gasteiger partial charge on any atom is -0.480 e. The van der Waals surface area contributed by atoms with Gasteiger partial charge in [-0.15, -0.1) is 0 Å². The maximum atomic E-state index is 12.9. The zero-order valence-corrected chi connectivity index (χ0v) is 13.6. The molecule has 0 radical (unpaired) electrons. The number of hydrogen-bond donors (Lipinski definition) is 1. The fraction of sp³-hybridized carbons (Fsp3) is 0.263. The standard InChI is InChI=1S/C19H15F3N2O2/c20-19(21,22)16-6-5-14-8-17(18(25)26)24(11-15(14)7-16)10-13-3-1-12(9-23)2-4-13/h1-7,17H,8,10-11H2,(H,25,26). The van der Waals surface area contributed by atoms with Crippen LogP contribution in [0.15, 0.2) is 42.5 Å². The van der Waals surface area contributed by atoms with Gasteiger partial charge in [-0.2, -0.15) is 18.4 Å². The third-order valence-corrected chi connectivity index (χ3v) is 4.51. The Morgan fingerprint density at radius 3 is 2.46 bits per heavy atom. The lowest BCUT2D eigenvalue weighted by molar-refractivity contribution is -0.144. The number of carboxylic acid groups (broad SMARTS) is 1. The van der Waals surface area contributed by atoms with Gasteiger partial charge < -0.3 is 5.11 Å². The second-order valence-corrected chi connectivity index (χ2v) is 6.25. The molecule has 7 heteroatoms. The van der Waals surface area contributed by atoms with Crippen molar-refractivity contribution < 1.29 is 23.1 Å². The minimum atomic E-state index is -4.43. The van der Waals surface area contributed by atoms with Crippen LogP contribution in [-0.2, 0) is 30.5 Å². The van der Waals surface area contributed by atoms with Gasteiger partial charge in [0.15, 0.2) is 0 Å². The lowest BCUT2D eigenvalue weighted by Crippen LogP contribution is -2.45. The molecule has 1 heterocycles. The molecule has 1 unspecified atom stereocenters. The van der Waals surface area contributed by atoms with Crippen LogP contribution in [0.25, 0.3) is 0 Å². The minimum absolute atomic E-state index is 0.121. The fourth-order valence-corrected chi connectivity index (χ4v) is 3.14. The van der Waals surface area contributed by atoms with Gasteiger partial charge >= 0.3 is 12.1 Å². The monoisotopic (exact) mass is 360 g/mol. The van der Waals surface area contributed by atoms with Gasteiger partial charge in [-0.05, 0) is 47.4 Å². The Kier molecular flexibility index (Phi) is 4.70. The molecule has 0 amide bonds. The summed E-state index contributed by atoms with van der Waals surface area (Å²) in [5.74, 6) is -1.01. The van der Waals surface area contributed by atoms with Gasteiger partial charge in [-0.1, -0.05) is 18.2 Å². The highest BCUT2D eigenvalue weighted by Crippen LogP contribution is 2.33. The summed E-state index contributed by atoms with van der Waals surface area (Å²) in [6.45, 7) is 0.397. The molecule has 1 N–H and O–H groups in total. The second-order valence-electron chi connectivity index (χ2n) is 6.25. The van der Waals surface area contributed by atoms with Gasteiger partial charge in [-0.3, -0.25) is 9.69 Å². The number of carboxylic acids is 1. The largest absolute Gasteiger partial charge is 0.480 e. The molecule has 3 rings (SSSR count).